The van der Waals surface area contributed by atoms with E-state index in [1.165, 1.54) is 10.9 Å². The van der Waals surface area contributed by atoms with Gasteiger partial charge in [-0.1, -0.05) is 12.1 Å². The maximum Gasteiger partial charge on any atom is 0.246 e. The summed E-state index contributed by atoms with van der Waals surface area (Å²) in [4.78, 5) is 11.8. The molecule has 19 heavy (non-hydrogen) atoms. The maximum absolute atomic E-state index is 11.8. The molecular weight excluding hydrogens is 244 g/mol. The molecule has 3 N–H and O–H groups in total. The lowest BCUT2D eigenvalue weighted by molar-refractivity contribution is -0.116. The van der Waals surface area contributed by atoms with E-state index < -0.39 is 0 Å². The number of anilines is 2. The fraction of sp³-hybridized carbons (Fsp3) is 0.231. The van der Waals surface area contributed by atoms with Gasteiger partial charge in [0, 0.05) is 19.0 Å². The van der Waals surface area contributed by atoms with Crippen molar-refractivity contribution in [3.05, 3.63) is 42.2 Å². The minimum Gasteiger partial charge on any atom is -0.396 e. The number of methoxy groups -OCH3 is 1. The Kier molecular flexibility index (Phi) is 4.15. The number of hydrogen-bond donors (Lipinski definition) is 2. The highest BCUT2D eigenvalue weighted by Crippen LogP contribution is 2.11. The summed E-state index contributed by atoms with van der Waals surface area (Å²) >= 11 is 0. The number of carbonyl (C=O) groups is 1. The standard InChI is InChI=1S/C13H16N4O2/c1-19-9-10-3-2-4-12(5-10)16-13(18)8-17-7-11(14)6-15-17/h2-7H,8-9,14H2,1H3,(H,16,18). The number of nitrogens with two attached hydrogens (primary N) is 1. The van der Waals surface area contributed by atoms with Crippen LogP contribution in [0.25, 0.3) is 0 Å². The summed E-state index contributed by atoms with van der Waals surface area (Å²) in [5.74, 6) is -0.155. The summed E-state index contributed by atoms with van der Waals surface area (Å²) in [7, 11) is 1.63. The van der Waals surface area contributed by atoms with E-state index in [1.807, 2.05) is 24.3 Å². The predicted molar refractivity (Wildman–Crippen MR) is 72.4 cm³/mol. The van der Waals surface area contributed by atoms with Crippen LogP contribution in [0.3, 0.4) is 0 Å². The zero-order valence-electron chi connectivity index (χ0n) is 10.7. The van der Waals surface area contributed by atoms with Gasteiger partial charge in [0.15, 0.2) is 0 Å². The molecule has 100 valence electrons. The number of nitrogens with one attached hydrogen (secondary N) is 1. The van der Waals surface area contributed by atoms with Crippen LogP contribution in [-0.4, -0.2) is 22.8 Å². The molecule has 0 aliphatic carbocycles. The predicted octanol–water partition coefficient (Wildman–Crippen LogP) is 1.25. The van der Waals surface area contributed by atoms with E-state index in [-0.39, 0.29) is 12.5 Å². The molecule has 6 nitrogen and oxygen atoms in total. The zero-order chi connectivity index (χ0) is 13.7. The van der Waals surface area contributed by atoms with Crippen LogP contribution in [0.15, 0.2) is 36.7 Å². The summed E-state index contributed by atoms with van der Waals surface area (Å²) in [5.41, 5.74) is 7.81. The molecule has 0 radical (unpaired) electrons. The summed E-state index contributed by atoms with van der Waals surface area (Å²) < 4.78 is 6.54. The number of benzene rings is 1. The first kappa shape index (κ1) is 13.1. The first-order valence-electron chi connectivity index (χ1n) is 5.83. The van der Waals surface area contributed by atoms with Crippen molar-refractivity contribution in [2.45, 2.75) is 13.2 Å². The molecule has 0 aliphatic heterocycles. The summed E-state index contributed by atoms with van der Waals surface area (Å²) in [6, 6.07) is 7.51. The maximum atomic E-state index is 11.8. The molecule has 0 atom stereocenters. The number of amides is 1. The molecule has 2 rings (SSSR count). The van der Waals surface area contributed by atoms with Crippen LogP contribution in [0.1, 0.15) is 5.56 Å². The molecule has 1 aromatic heterocycles. The van der Waals surface area contributed by atoms with Gasteiger partial charge < -0.3 is 15.8 Å². The van der Waals surface area contributed by atoms with Crippen LogP contribution < -0.4 is 11.1 Å². The third kappa shape index (κ3) is 3.82. The lowest BCUT2D eigenvalue weighted by Gasteiger charge is -2.07. The van der Waals surface area contributed by atoms with Crippen LogP contribution in [0.4, 0.5) is 11.4 Å². The van der Waals surface area contributed by atoms with Gasteiger partial charge in [-0.3, -0.25) is 9.48 Å². The van der Waals surface area contributed by atoms with E-state index in [9.17, 15) is 4.79 Å². The number of aromatic nitrogens is 2. The number of carbonyl (C=O) groups excluding carboxylic acids is 1. The van der Waals surface area contributed by atoms with E-state index in [0.717, 1.165) is 11.3 Å². The van der Waals surface area contributed by atoms with Crippen LogP contribution in [0.5, 0.6) is 0 Å². The van der Waals surface area contributed by atoms with Crippen LogP contribution in [0.2, 0.25) is 0 Å². The molecular formula is C13H16N4O2. The Bertz CT molecular complexity index is 565. The van der Waals surface area contributed by atoms with Gasteiger partial charge in [-0.05, 0) is 17.7 Å². The minimum absolute atomic E-state index is 0.131. The fourth-order valence-corrected chi connectivity index (χ4v) is 1.72. The van der Waals surface area contributed by atoms with Gasteiger partial charge in [-0.2, -0.15) is 5.10 Å². The van der Waals surface area contributed by atoms with Crippen molar-refractivity contribution in [3.8, 4) is 0 Å². The van der Waals surface area contributed by atoms with E-state index in [0.29, 0.717) is 12.3 Å². The number of nitrogens with zero attached hydrogens (tertiary/aromatic N) is 2. The molecule has 6 heteroatoms. The van der Waals surface area contributed by atoms with E-state index >= 15 is 0 Å². The highest BCUT2D eigenvalue weighted by molar-refractivity contribution is 5.90. The third-order valence-corrected chi connectivity index (χ3v) is 2.48. The number of nitrogen functional groups attached to an aromatic ring is 1. The smallest absolute Gasteiger partial charge is 0.246 e. The van der Waals surface area contributed by atoms with Gasteiger partial charge in [-0.25, -0.2) is 0 Å². The van der Waals surface area contributed by atoms with Gasteiger partial charge in [0.05, 0.1) is 18.5 Å². The van der Waals surface area contributed by atoms with Gasteiger partial charge in [-0.15, -0.1) is 0 Å². The monoisotopic (exact) mass is 260 g/mol. The molecule has 1 heterocycles. The summed E-state index contributed by atoms with van der Waals surface area (Å²) in [6.07, 6.45) is 3.12. The lowest BCUT2D eigenvalue weighted by Crippen LogP contribution is -2.19. The molecule has 0 saturated heterocycles. The Labute approximate surface area is 111 Å². The summed E-state index contributed by atoms with van der Waals surface area (Å²) in [6.45, 7) is 0.644. The molecule has 0 saturated carbocycles. The molecule has 2 aromatic rings. The van der Waals surface area contributed by atoms with Crippen molar-refractivity contribution in [3.63, 3.8) is 0 Å². The summed E-state index contributed by atoms with van der Waals surface area (Å²) in [5, 5.41) is 6.76. The van der Waals surface area contributed by atoms with Crippen LogP contribution in [-0.2, 0) is 22.7 Å². The van der Waals surface area contributed by atoms with E-state index in [2.05, 4.69) is 10.4 Å². The van der Waals surface area contributed by atoms with Crippen molar-refractivity contribution in [1.82, 2.24) is 9.78 Å². The highest BCUT2D eigenvalue weighted by atomic mass is 16.5. The largest absolute Gasteiger partial charge is 0.396 e. The fourth-order valence-electron chi connectivity index (χ4n) is 1.72. The van der Waals surface area contributed by atoms with Gasteiger partial charge in [0.25, 0.3) is 0 Å². The first-order valence-corrected chi connectivity index (χ1v) is 5.83. The molecule has 0 aliphatic rings. The second kappa shape index (κ2) is 6.01. The second-order valence-corrected chi connectivity index (χ2v) is 4.15. The Hall–Kier alpha value is -2.34. The van der Waals surface area contributed by atoms with E-state index in [1.54, 1.807) is 13.3 Å². The van der Waals surface area contributed by atoms with Crippen molar-refractivity contribution in [1.29, 1.82) is 0 Å². The molecule has 1 aromatic carbocycles. The highest BCUT2D eigenvalue weighted by Gasteiger charge is 2.05. The Morgan fingerprint density at radius 1 is 1.53 bits per heavy atom. The quantitative estimate of drug-likeness (QED) is 0.847. The SMILES string of the molecule is COCc1cccc(NC(=O)Cn2cc(N)cn2)c1. The van der Waals surface area contributed by atoms with Crippen molar-refractivity contribution < 1.29 is 9.53 Å². The first-order chi connectivity index (χ1) is 9.17. The molecule has 0 fully saturated rings. The van der Waals surface area contributed by atoms with Crippen molar-refractivity contribution in [2.24, 2.45) is 0 Å². The Morgan fingerprint density at radius 2 is 2.37 bits per heavy atom. The Balaban J connectivity index is 1.96. The van der Waals surface area contributed by atoms with Gasteiger partial charge >= 0.3 is 0 Å². The molecule has 1 amide bonds. The average Bonchev–Trinajstić information content (AvgIpc) is 2.75. The third-order valence-electron chi connectivity index (χ3n) is 2.48. The normalized spacial score (nSPS) is 10.4. The average molecular weight is 260 g/mol. The van der Waals surface area contributed by atoms with Gasteiger partial charge in [0.2, 0.25) is 5.91 Å². The lowest BCUT2D eigenvalue weighted by atomic mass is 10.2. The minimum atomic E-state index is -0.155. The van der Waals surface area contributed by atoms with Crippen LogP contribution >= 0.6 is 0 Å². The Morgan fingerprint density at radius 3 is 3.05 bits per heavy atom. The number of hydrogen-bond acceptors (Lipinski definition) is 4. The second-order valence-electron chi connectivity index (χ2n) is 4.15. The van der Waals surface area contributed by atoms with E-state index in [4.69, 9.17) is 10.5 Å². The number of ether oxygens (including phenoxy) is 1. The number of rotatable bonds is 5. The topological polar surface area (TPSA) is 82.2 Å². The molecule has 0 spiro atoms. The molecule has 0 bridgehead atoms. The van der Waals surface area contributed by atoms with Gasteiger partial charge in [0.1, 0.15) is 6.54 Å². The van der Waals surface area contributed by atoms with Crippen molar-refractivity contribution in [2.75, 3.05) is 18.2 Å². The molecule has 0 unspecified atom stereocenters. The van der Waals surface area contributed by atoms with Crippen LogP contribution in [0, 0.1) is 0 Å². The zero-order valence-corrected chi connectivity index (χ0v) is 10.7. The van der Waals surface area contributed by atoms with Crippen molar-refractivity contribution >= 4 is 17.3 Å².